The van der Waals surface area contributed by atoms with Crippen LogP contribution in [0.1, 0.15) is 43.6 Å². The Morgan fingerprint density at radius 1 is 1.11 bits per heavy atom. The van der Waals surface area contributed by atoms with Crippen molar-refractivity contribution in [1.82, 2.24) is 24.5 Å². The van der Waals surface area contributed by atoms with E-state index in [1.807, 2.05) is 37.3 Å². The molecule has 0 aliphatic carbocycles. The van der Waals surface area contributed by atoms with Crippen LogP contribution < -0.4 is 0 Å². The van der Waals surface area contributed by atoms with Gasteiger partial charge in [-0.05, 0) is 44.5 Å². The van der Waals surface area contributed by atoms with Crippen molar-refractivity contribution in [3.05, 3.63) is 77.4 Å². The van der Waals surface area contributed by atoms with Gasteiger partial charge in [-0.3, -0.25) is 4.98 Å². The van der Waals surface area contributed by atoms with Gasteiger partial charge in [0.1, 0.15) is 5.82 Å². The van der Waals surface area contributed by atoms with E-state index in [1.165, 1.54) is 0 Å². The summed E-state index contributed by atoms with van der Waals surface area (Å²) in [6, 6.07) is 15.7. The summed E-state index contributed by atoms with van der Waals surface area (Å²) in [5.74, 6) is -0.358. The van der Waals surface area contributed by atoms with Gasteiger partial charge in [-0.25, -0.2) is 9.07 Å². The highest BCUT2D eigenvalue weighted by Crippen LogP contribution is 2.47. The van der Waals surface area contributed by atoms with Crippen LogP contribution in [0.3, 0.4) is 0 Å². The number of aliphatic hydroxyl groups is 1. The number of fused-ring (bicyclic) bond motifs is 3. The molecule has 1 N–H and O–H groups in total. The lowest BCUT2D eigenvalue weighted by Crippen LogP contribution is -2.47. The van der Waals surface area contributed by atoms with E-state index in [1.54, 1.807) is 37.8 Å². The molecule has 0 radical (unpaired) electrons. The summed E-state index contributed by atoms with van der Waals surface area (Å²) in [5.41, 5.74) is 4.67. The van der Waals surface area contributed by atoms with Crippen molar-refractivity contribution in [3.8, 4) is 11.3 Å². The van der Waals surface area contributed by atoms with Gasteiger partial charge in [0.2, 0.25) is 0 Å². The van der Waals surface area contributed by atoms with Crippen molar-refractivity contribution in [2.24, 2.45) is 12.5 Å². The van der Waals surface area contributed by atoms with Crippen molar-refractivity contribution >= 4 is 21.9 Å². The van der Waals surface area contributed by atoms with Gasteiger partial charge in [0, 0.05) is 35.2 Å². The lowest BCUT2D eigenvalue weighted by atomic mass is 9.76. The largest absolute Gasteiger partial charge is 0.386 e. The normalized spacial score (nSPS) is 16.3. The summed E-state index contributed by atoms with van der Waals surface area (Å²) in [7, 11) is 1.77. The SMILES string of the molecule is Cc1nnn(C)c1-c1cc2c(cc1F)c1ncc(C(C)(C)O)cc1n2[C@@H](c1ccccc1)C1(C)COC1. The highest BCUT2D eigenvalue weighted by molar-refractivity contribution is 6.07. The van der Waals surface area contributed by atoms with Crippen LogP contribution in [0.25, 0.3) is 33.2 Å². The van der Waals surface area contributed by atoms with E-state index in [2.05, 4.69) is 33.9 Å². The first-order valence-electron chi connectivity index (χ1n) is 12.4. The number of benzene rings is 2. The van der Waals surface area contributed by atoms with E-state index in [-0.39, 0.29) is 17.3 Å². The lowest BCUT2D eigenvalue weighted by molar-refractivity contribution is -0.120. The third-order valence-corrected chi connectivity index (χ3v) is 7.58. The van der Waals surface area contributed by atoms with Crippen LogP contribution in [0, 0.1) is 18.2 Å². The fraction of sp³-hybridized carbons (Fsp3) is 0.345. The first-order valence-corrected chi connectivity index (χ1v) is 12.4. The molecule has 1 aliphatic rings. The minimum absolute atomic E-state index is 0.106. The fourth-order valence-corrected chi connectivity index (χ4v) is 5.63. The summed E-state index contributed by atoms with van der Waals surface area (Å²) < 4.78 is 25.3. The number of pyridine rings is 1. The second kappa shape index (κ2) is 8.19. The van der Waals surface area contributed by atoms with E-state index in [0.29, 0.717) is 41.2 Å². The summed E-state index contributed by atoms with van der Waals surface area (Å²) in [6.07, 6.45) is 1.68. The molecular weight excluding hydrogens is 469 g/mol. The van der Waals surface area contributed by atoms with E-state index in [0.717, 1.165) is 22.0 Å². The van der Waals surface area contributed by atoms with Gasteiger partial charge in [0.05, 0.1) is 52.8 Å². The number of nitrogens with zero attached hydrogens (tertiary/aromatic N) is 5. The highest BCUT2D eigenvalue weighted by Gasteiger charge is 2.44. The zero-order chi connectivity index (χ0) is 26.1. The molecule has 6 rings (SSSR count). The van der Waals surface area contributed by atoms with Crippen LogP contribution in [0.4, 0.5) is 4.39 Å². The first kappa shape index (κ1) is 23.8. The Labute approximate surface area is 214 Å². The van der Waals surface area contributed by atoms with Crippen molar-refractivity contribution in [2.45, 2.75) is 39.3 Å². The van der Waals surface area contributed by atoms with Crippen LogP contribution in [0.2, 0.25) is 0 Å². The van der Waals surface area contributed by atoms with E-state index in [9.17, 15) is 5.11 Å². The first-order chi connectivity index (χ1) is 17.6. The molecule has 7 nitrogen and oxygen atoms in total. The standard InChI is InChI=1S/C29H30FN5O2/c1-17-26(34(5)33-32-17)20-13-23-21(12-22(20)30)25-24(11-19(14-31-25)28(2,3)36)35(23)27(29(4)15-37-16-29)18-9-7-6-8-10-18/h6-14,27,36H,15-16H2,1-5H3/t27-/m0/s1. The molecule has 3 aromatic heterocycles. The Morgan fingerprint density at radius 3 is 2.43 bits per heavy atom. The Kier molecular flexibility index (Phi) is 5.26. The lowest BCUT2D eigenvalue weighted by Gasteiger charge is -2.45. The average Bonchev–Trinajstić information content (AvgIpc) is 3.33. The molecule has 1 fully saturated rings. The molecule has 0 bridgehead atoms. The Balaban J connectivity index is 1.75. The summed E-state index contributed by atoms with van der Waals surface area (Å²) in [4.78, 5) is 4.76. The predicted molar refractivity (Wildman–Crippen MR) is 141 cm³/mol. The molecule has 0 saturated carbocycles. The molecular formula is C29H30FN5O2. The van der Waals surface area contributed by atoms with Gasteiger partial charge in [0.15, 0.2) is 0 Å². The van der Waals surface area contributed by atoms with Crippen molar-refractivity contribution in [2.75, 3.05) is 13.2 Å². The predicted octanol–water partition coefficient (Wildman–Crippen LogP) is 5.29. The van der Waals surface area contributed by atoms with Crippen LogP contribution in [0.5, 0.6) is 0 Å². The zero-order valence-corrected chi connectivity index (χ0v) is 21.7. The molecule has 2 aromatic carbocycles. The maximum atomic E-state index is 15.7. The fourth-order valence-electron chi connectivity index (χ4n) is 5.63. The number of hydrogen-bond donors (Lipinski definition) is 1. The third-order valence-electron chi connectivity index (χ3n) is 7.58. The van der Waals surface area contributed by atoms with Crippen molar-refractivity contribution < 1.29 is 14.2 Å². The topological polar surface area (TPSA) is 78.0 Å². The minimum atomic E-state index is -1.08. The quantitative estimate of drug-likeness (QED) is 0.356. The van der Waals surface area contributed by atoms with Gasteiger partial charge in [-0.1, -0.05) is 42.5 Å². The van der Waals surface area contributed by atoms with Gasteiger partial charge in [0.25, 0.3) is 0 Å². The monoisotopic (exact) mass is 499 g/mol. The molecule has 0 unspecified atom stereocenters. The number of aryl methyl sites for hydroxylation is 2. The van der Waals surface area contributed by atoms with Crippen LogP contribution in [-0.2, 0) is 17.4 Å². The van der Waals surface area contributed by atoms with E-state index < -0.39 is 5.60 Å². The smallest absolute Gasteiger partial charge is 0.133 e. The molecule has 4 heterocycles. The van der Waals surface area contributed by atoms with Gasteiger partial charge in [-0.2, -0.15) is 0 Å². The number of rotatable bonds is 5. The minimum Gasteiger partial charge on any atom is -0.386 e. The average molecular weight is 500 g/mol. The summed E-state index contributed by atoms with van der Waals surface area (Å²) in [6.45, 7) is 8.75. The van der Waals surface area contributed by atoms with Gasteiger partial charge in [-0.15, -0.1) is 5.10 Å². The molecule has 37 heavy (non-hydrogen) atoms. The number of aromatic nitrogens is 5. The maximum Gasteiger partial charge on any atom is 0.133 e. The molecule has 0 spiro atoms. The van der Waals surface area contributed by atoms with Crippen LogP contribution in [0.15, 0.2) is 54.7 Å². The molecule has 5 aromatic rings. The Morgan fingerprint density at radius 2 is 1.84 bits per heavy atom. The summed E-state index contributed by atoms with van der Waals surface area (Å²) in [5, 5.41) is 19.8. The molecule has 190 valence electrons. The molecule has 0 amide bonds. The van der Waals surface area contributed by atoms with Crippen LogP contribution in [-0.4, -0.2) is 42.9 Å². The third kappa shape index (κ3) is 3.66. The number of halogens is 1. The van der Waals surface area contributed by atoms with Crippen molar-refractivity contribution in [1.29, 1.82) is 0 Å². The van der Waals surface area contributed by atoms with Crippen LogP contribution >= 0.6 is 0 Å². The Hall–Kier alpha value is -3.62. The van der Waals surface area contributed by atoms with E-state index in [4.69, 9.17) is 9.72 Å². The number of ether oxygens (including phenoxy) is 1. The Bertz CT molecular complexity index is 1620. The second-order valence-corrected chi connectivity index (χ2v) is 11.0. The van der Waals surface area contributed by atoms with E-state index >= 15 is 4.39 Å². The molecule has 1 saturated heterocycles. The molecule has 1 atom stereocenters. The van der Waals surface area contributed by atoms with Crippen molar-refractivity contribution in [3.63, 3.8) is 0 Å². The zero-order valence-electron chi connectivity index (χ0n) is 21.7. The maximum absolute atomic E-state index is 15.7. The molecule has 8 heteroatoms. The second-order valence-electron chi connectivity index (χ2n) is 11.0. The summed E-state index contributed by atoms with van der Waals surface area (Å²) >= 11 is 0. The number of hydrogen-bond acceptors (Lipinski definition) is 5. The van der Waals surface area contributed by atoms with Gasteiger partial charge < -0.3 is 14.4 Å². The highest BCUT2D eigenvalue weighted by atomic mass is 19.1. The van der Waals surface area contributed by atoms with Gasteiger partial charge >= 0.3 is 0 Å². The molecule has 1 aliphatic heterocycles.